The van der Waals surface area contributed by atoms with E-state index in [0.717, 1.165) is 25.8 Å². The zero-order valence-electron chi connectivity index (χ0n) is 14.2. The van der Waals surface area contributed by atoms with Crippen molar-refractivity contribution in [2.75, 3.05) is 13.1 Å². The van der Waals surface area contributed by atoms with E-state index in [0.29, 0.717) is 11.6 Å². The van der Waals surface area contributed by atoms with Crippen molar-refractivity contribution in [2.24, 2.45) is 5.92 Å². The van der Waals surface area contributed by atoms with Gasteiger partial charge in [-0.2, -0.15) is 0 Å². The van der Waals surface area contributed by atoms with Crippen LogP contribution in [0.5, 0.6) is 0 Å². The average molecular weight is 355 g/mol. The monoisotopic (exact) mass is 355 g/mol. The highest BCUT2D eigenvalue weighted by molar-refractivity contribution is 7.89. The number of fused-ring (bicyclic) bond motifs is 1. The lowest BCUT2D eigenvalue weighted by atomic mass is 9.78. The van der Waals surface area contributed by atoms with Gasteiger partial charge in [-0.25, -0.2) is 13.1 Å². The van der Waals surface area contributed by atoms with Crippen LogP contribution in [0.4, 0.5) is 0 Å². The number of hydrogen-bond donors (Lipinski definition) is 1. The standard InChI is InChI=1S/C16H25N3O4S/c1-11-16(12(2)23-18-11)24(21,22)17-10-15(20)19-9-5-7-13-6-3-4-8-14(13)19/h13-14,17H,3-10H2,1-2H3/t13-,14+/m1/s1. The maximum absolute atomic E-state index is 12.6. The fraction of sp³-hybridized carbons (Fsp3) is 0.750. The van der Waals surface area contributed by atoms with Crippen LogP contribution in [0, 0.1) is 19.8 Å². The van der Waals surface area contributed by atoms with E-state index in [2.05, 4.69) is 9.88 Å². The Balaban J connectivity index is 1.66. The number of likely N-dealkylation sites (tertiary alicyclic amines) is 1. The SMILES string of the molecule is Cc1noc(C)c1S(=O)(=O)NCC(=O)N1CCC[C@H]2CCCC[C@@H]21. The van der Waals surface area contributed by atoms with Crippen LogP contribution in [0.1, 0.15) is 50.0 Å². The number of piperidine rings is 1. The van der Waals surface area contributed by atoms with Gasteiger partial charge >= 0.3 is 0 Å². The molecule has 0 aromatic carbocycles. The van der Waals surface area contributed by atoms with E-state index in [4.69, 9.17) is 4.52 Å². The Hall–Kier alpha value is -1.41. The van der Waals surface area contributed by atoms with Gasteiger partial charge in [0.25, 0.3) is 0 Å². The molecule has 0 spiro atoms. The summed E-state index contributed by atoms with van der Waals surface area (Å²) in [6.45, 7) is 3.64. The smallest absolute Gasteiger partial charge is 0.246 e. The van der Waals surface area contributed by atoms with Crippen molar-refractivity contribution in [3.8, 4) is 0 Å². The molecule has 1 aliphatic carbocycles. The molecule has 8 heteroatoms. The highest BCUT2D eigenvalue weighted by atomic mass is 32.2. The minimum atomic E-state index is -3.80. The highest BCUT2D eigenvalue weighted by Crippen LogP contribution is 2.35. The number of sulfonamides is 1. The van der Waals surface area contributed by atoms with Gasteiger partial charge in [0.05, 0.1) is 6.54 Å². The van der Waals surface area contributed by atoms with Gasteiger partial charge in [0.15, 0.2) is 5.76 Å². The Bertz CT molecular complexity index is 691. The van der Waals surface area contributed by atoms with Gasteiger partial charge in [-0.15, -0.1) is 0 Å². The summed E-state index contributed by atoms with van der Waals surface area (Å²) >= 11 is 0. The minimum absolute atomic E-state index is 0.0319. The third-order valence-corrected chi connectivity index (χ3v) is 6.86. The molecular weight excluding hydrogens is 330 g/mol. The lowest BCUT2D eigenvalue weighted by molar-refractivity contribution is -0.136. The van der Waals surface area contributed by atoms with Crippen molar-refractivity contribution in [3.05, 3.63) is 11.5 Å². The Morgan fingerprint density at radius 2 is 1.96 bits per heavy atom. The van der Waals surface area contributed by atoms with Gasteiger partial charge in [-0.05, 0) is 45.4 Å². The van der Waals surface area contributed by atoms with Crippen LogP contribution in [-0.2, 0) is 14.8 Å². The molecular formula is C16H25N3O4S. The lowest BCUT2D eigenvalue weighted by Gasteiger charge is -2.44. The van der Waals surface area contributed by atoms with Crippen molar-refractivity contribution in [1.29, 1.82) is 0 Å². The lowest BCUT2D eigenvalue weighted by Crippen LogP contribution is -2.52. The van der Waals surface area contributed by atoms with E-state index >= 15 is 0 Å². The summed E-state index contributed by atoms with van der Waals surface area (Å²) in [5.41, 5.74) is 0.303. The summed E-state index contributed by atoms with van der Waals surface area (Å²) < 4.78 is 32.2. The van der Waals surface area contributed by atoms with E-state index in [1.807, 2.05) is 4.90 Å². The molecule has 134 valence electrons. The molecule has 3 rings (SSSR count). The van der Waals surface area contributed by atoms with Crippen molar-refractivity contribution in [1.82, 2.24) is 14.8 Å². The van der Waals surface area contributed by atoms with Gasteiger partial charge in [0.1, 0.15) is 10.6 Å². The molecule has 2 fully saturated rings. The molecule has 7 nitrogen and oxygen atoms in total. The Labute approximate surface area is 142 Å². The zero-order valence-corrected chi connectivity index (χ0v) is 15.1. The summed E-state index contributed by atoms with van der Waals surface area (Å²) in [5, 5.41) is 3.66. The number of rotatable bonds is 4. The number of aryl methyl sites for hydroxylation is 2. The third-order valence-electron chi connectivity index (χ3n) is 5.21. The van der Waals surface area contributed by atoms with Crippen molar-refractivity contribution in [2.45, 2.75) is 63.3 Å². The Kier molecular flexibility index (Phi) is 4.96. The third kappa shape index (κ3) is 3.35. The normalized spacial score (nSPS) is 24.7. The quantitative estimate of drug-likeness (QED) is 0.888. The van der Waals surface area contributed by atoms with Crippen LogP contribution in [0.2, 0.25) is 0 Å². The van der Waals surface area contributed by atoms with E-state index < -0.39 is 10.0 Å². The molecule has 0 radical (unpaired) electrons. The van der Waals surface area contributed by atoms with Gasteiger partial charge in [0.2, 0.25) is 15.9 Å². The minimum Gasteiger partial charge on any atom is -0.360 e. The van der Waals surface area contributed by atoms with Gasteiger partial charge < -0.3 is 9.42 Å². The molecule has 1 saturated heterocycles. The van der Waals surface area contributed by atoms with Gasteiger partial charge in [-0.1, -0.05) is 18.0 Å². The van der Waals surface area contributed by atoms with E-state index in [9.17, 15) is 13.2 Å². The molecule has 0 bridgehead atoms. The predicted octanol–water partition coefficient (Wildman–Crippen LogP) is 1.75. The fourth-order valence-electron chi connectivity index (χ4n) is 4.12. The number of nitrogens with one attached hydrogen (secondary N) is 1. The highest BCUT2D eigenvalue weighted by Gasteiger charge is 2.36. The molecule has 24 heavy (non-hydrogen) atoms. The largest absolute Gasteiger partial charge is 0.360 e. The number of carbonyl (C=O) groups is 1. The van der Waals surface area contributed by atoms with Crippen LogP contribution in [0.15, 0.2) is 9.42 Å². The van der Waals surface area contributed by atoms with Crippen molar-refractivity contribution in [3.63, 3.8) is 0 Å². The summed E-state index contributed by atoms with van der Waals surface area (Å²) in [7, 11) is -3.80. The summed E-state index contributed by atoms with van der Waals surface area (Å²) in [6.07, 6.45) is 6.78. The van der Waals surface area contributed by atoms with E-state index in [-0.39, 0.29) is 29.1 Å². The topological polar surface area (TPSA) is 92.5 Å². The summed E-state index contributed by atoms with van der Waals surface area (Å²) in [6, 6.07) is 0.281. The first-order valence-corrected chi connectivity index (χ1v) is 10.1. The molecule has 0 unspecified atom stereocenters. The molecule has 1 aromatic heterocycles. The summed E-state index contributed by atoms with van der Waals surface area (Å²) in [5.74, 6) is 0.676. The molecule has 1 saturated carbocycles. The number of amides is 1. The molecule has 2 aliphatic rings. The number of aromatic nitrogens is 1. The van der Waals surface area contributed by atoms with E-state index in [1.165, 1.54) is 19.3 Å². The molecule has 2 heterocycles. The van der Waals surface area contributed by atoms with Gasteiger partial charge in [0, 0.05) is 12.6 Å². The van der Waals surface area contributed by atoms with Crippen LogP contribution >= 0.6 is 0 Å². The first kappa shape index (κ1) is 17.4. The molecule has 1 N–H and O–H groups in total. The molecule has 2 atom stereocenters. The second kappa shape index (κ2) is 6.84. The molecule has 1 amide bonds. The molecule has 1 aliphatic heterocycles. The predicted molar refractivity (Wildman–Crippen MR) is 87.9 cm³/mol. The average Bonchev–Trinajstić information content (AvgIpc) is 2.91. The number of hydrogen-bond acceptors (Lipinski definition) is 5. The number of carbonyl (C=O) groups excluding carboxylic acids is 1. The second-order valence-electron chi connectivity index (χ2n) is 6.82. The summed E-state index contributed by atoms with van der Waals surface area (Å²) in [4.78, 5) is 14.5. The van der Waals surface area contributed by atoms with E-state index in [1.54, 1.807) is 13.8 Å². The maximum atomic E-state index is 12.6. The second-order valence-corrected chi connectivity index (χ2v) is 8.52. The first-order chi connectivity index (χ1) is 11.4. The van der Waals surface area contributed by atoms with Crippen LogP contribution in [-0.4, -0.2) is 43.5 Å². The Morgan fingerprint density at radius 3 is 2.67 bits per heavy atom. The van der Waals surface area contributed by atoms with Crippen molar-refractivity contribution >= 4 is 15.9 Å². The maximum Gasteiger partial charge on any atom is 0.246 e. The van der Waals surface area contributed by atoms with Crippen molar-refractivity contribution < 1.29 is 17.7 Å². The zero-order chi connectivity index (χ0) is 17.3. The number of nitrogens with zero attached hydrogens (tertiary/aromatic N) is 2. The Morgan fingerprint density at radius 1 is 1.25 bits per heavy atom. The first-order valence-electron chi connectivity index (χ1n) is 8.62. The van der Waals surface area contributed by atoms with Crippen LogP contribution < -0.4 is 4.72 Å². The fourth-order valence-corrected chi connectivity index (χ4v) is 5.42. The van der Waals surface area contributed by atoms with Crippen LogP contribution in [0.3, 0.4) is 0 Å². The van der Waals surface area contributed by atoms with Crippen LogP contribution in [0.25, 0.3) is 0 Å². The van der Waals surface area contributed by atoms with Gasteiger partial charge in [-0.3, -0.25) is 4.79 Å². The molecule has 1 aromatic rings.